The molecule has 0 unspecified atom stereocenters. The van der Waals surface area contributed by atoms with E-state index in [-0.39, 0.29) is 0 Å². The lowest BCUT2D eigenvalue weighted by Crippen LogP contribution is -2.30. The van der Waals surface area contributed by atoms with Crippen molar-refractivity contribution in [2.24, 2.45) is 0 Å². The van der Waals surface area contributed by atoms with E-state index in [0.717, 1.165) is 12.8 Å². The van der Waals surface area contributed by atoms with Crippen LogP contribution in [0.4, 0.5) is 0 Å². The van der Waals surface area contributed by atoms with Crippen LogP contribution in [0.1, 0.15) is 67.8 Å². The highest BCUT2D eigenvalue weighted by Gasteiger charge is 2.53. The van der Waals surface area contributed by atoms with E-state index in [2.05, 4.69) is 103 Å². The quantitative estimate of drug-likeness (QED) is 0.163. The first-order valence-electron chi connectivity index (χ1n) is 15.1. The monoisotopic (exact) mass is 603 g/mol. The Morgan fingerprint density at radius 2 is 1.37 bits per heavy atom. The van der Waals surface area contributed by atoms with Crippen molar-refractivity contribution in [1.82, 2.24) is 3.97 Å². The lowest BCUT2D eigenvalue weighted by atomic mass is 9.93. The van der Waals surface area contributed by atoms with E-state index in [1.54, 1.807) is 14.2 Å². The molecule has 1 aromatic heterocycles. The average Bonchev–Trinajstić information content (AvgIpc) is 3.41. The minimum absolute atomic E-state index is 0.309. The number of benzene rings is 1. The fourth-order valence-electron chi connectivity index (χ4n) is 6.18. The summed E-state index contributed by atoms with van der Waals surface area (Å²) >= 11 is 0. The van der Waals surface area contributed by atoms with E-state index >= 15 is 0 Å². The van der Waals surface area contributed by atoms with Crippen LogP contribution in [0.25, 0.3) is 5.57 Å². The van der Waals surface area contributed by atoms with Crippen molar-refractivity contribution in [3.05, 3.63) is 74.8 Å². The second-order valence-electron chi connectivity index (χ2n) is 10.8. The molecule has 0 aliphatic carbocycles. The van der Waals surface area contributed by atoms with E-state index in [0.29, 0.717) is 39.6 Å². The van der Waals surface area contributed by atoms with Gasteiger partial charge in [0.15, 0.2) is 16.1 Å². The van der Waals surface area contributed by atoms with Crippen LogP contribution >= 0.6 is 10.4 Å². The zero-order valence-corrected chi connectivity index (χ0v) is 28.2. The first-order valence-corrected chi connectivity index (χ1v) is 16.7. The highest BCUT2D eigenvalue weighted by Crippen LogP contribution is 2.62. The largest absolute Gasteiger partial charge is 0.382 e. The fraction of sp³-hybridized carbons (Fsp3) is 0.472. The molecule has 0 spiro atoms. The van der Waals surface area contributed by atoms with Crippen molar-refractivity contribution in [2.45, 2.75) is 61.3 Å². The lowest BCUT2D eigenvalue weighted by Gasteiger charge is -2.35. The summed E-state index contributed by atoms with van der Waals surface area (Å²) in [5.41, 5.74) is 13.9. The molecular weight excluding hydrogens is 556 g/mol. The van der Waals surface area contributed by atoms with Crippen LogP contribution in [0.15, 0.2) is 41.1 Å². The van der Waals surface area contributed by atoms with E-state index in [4.69, 9.17) is 18.9 Å². The molecule has 0 saturated heterocycles. The van der Waals surface area contributed by atoms with Crippen molar-refractivity contribution in [3.8, 4) is 22.3 Å². The van der Waals surface area contributed by atoms with E-state index in [1.807, 2.05) is 0 Å². The minimum atomic E-state index is -2.27. The fourth-order valence-corrected chi connectivity index (χ4v) is 9.28. The maximum absolute atomic E-state index is 5.82. The lowest BCUT2D eigenvalue weighted by molar-refractivity contribution is -0.285. The molecule has 43 heavy (non-hydrogen) atoms. The summed E-state index contributed by atoms with van der Waals surface area (Å²) in [6.45, 7) is 18.3. The number of rotatable bonds is 11. The molecule has 0 fully saturated rings. The second kappa shape index (κ2) is 14.6. The first kappa shape index (κ1) is 32.9. The SMILES string of the molecule is CCC1=C(C)C2=C(c3ccc(C)cc3)c3c(C)c(CC)c(C)n3S(C#CCOCCOC)(C#CCOCCOC)[N+]2=C1C. The van der Waals surface area contributed by atoms with Crippen LogP contribution in [0.5, 0.6) is 0 Å². The minimum Gasteiger partial charge on any atom is -0.382 e. The van der Waals surface area contributed by atoms with Crippen molar-refractivity contribution >= 4 is 21.7 Å². The summed E-state index contributed by atoms with van der Waals surface area (Å²) in [5, 5.41) is 7.49. The van der Waals surface area contributed by atoms with Gasteiger partial charge in [0.1, 0.15) is 13.2 Å². The maximum Gasteiger partial charge on any atom is 0.234 e. The topological polar surface area (TPSA) is 44.9 Å². The Kier molecular flexibility index (Phi) is 11.2. The molecular formula is C36H47N2O4S+. The van der Waals surface area contributed by atoms with Crippen LogP contribution in [-0.4, -0.2) is 67.5 Å². The van der Waals surface area contributed by atoms with Gasteiger partial charge in [-0.3, -0.25) is 0 Å². The van der Waals surface area contributed by atoms with Gasteiger partial charge in [0.05, 0.1) is 37.7 Å². The van der Waals surface area contributed by atoms with Crippen LogP contribution < -0.4 is 0 Å². The van der Waals surface area contributed by atoms with Gasteiger partial charge >= 0.3 is 0 Å². The van der Waals surface area contributed by atoms with Crippen molar-refractivity contribution in [1.29, 1.82) is 0 Å². The maximum atomic E-state index is 5.82. The van der Waals surface area contributed by atoms with Crippen LogP contribution in [-0.2, 0) is 25.4 Å². The number of hydrogen-bond donors (Lipinski definition) is 0. The highest BCUT2D eigenvalue weighted by atomic mass is 32.3. The number of nitrogens with zero attached hydrogens (tertiary/aromatic N) is 2. The normalized spacial score (nSPS) is 16.0. The average molecular weight is 604 g/mol. The smallest absolute Gasteiger partial charge is 0.234 e. The standard InChI is InChI=1S/C36H47N2O4S/c1-10-32-27(4)35-34(31-16-14-26(3)15-17-31)36-28(5)33(11-2)30(7)38(36)43(37(35)29(32)6,24-12-18-41-22-20-39-8)25-13-19-42-23-21-40-9/h14-17H,10-11,18-23H2,1-9H3/q+1. The third kappa shape index (κ3) is 6.16. The Labute approximate surface area is 260 Å². The number of allylic oxidation sites excluding steroid dienone is 2. The number of aromatic nitrogens is 1. The molecule has 2 aliphatic rings. The van der Waals surface area contributed by atoms with Gasteiger partial charge in [0.2, 0.25) is 5.70 Å². The molecule has 6 nitrogen and oxygen atoms in total. The van der Waals surface area contributed by atoms with E-state index in [1.165, 1.54) is 61.8 Å². The molecule has 1 aromatic carbocycles. The van der Waals surface area contributed by atoms with Gasteiger partial charge in [-0.05, 0) is 57.2 Å². The van der Waals surface area contributed by atoms with Gasteiger partial charge in [-0.25, -0.2) is 3.97 Å². The predicted octanol–water partition coefficient (Wildman–Crippen LogP) is 6.69. The number of methoxy groups -OCH3 is 2. The van der Waals surface area contributed by atoms with Gasteiger partial charge in [-0.2, -0.15) is 0 Å². The number of ether oxygens (including phenoxy) is 4. The van der Waals surface area contributed by atoms with Gasteiger partial charge < -0.3 is 18.9 Å². The molecule has 0 saturated carbocycles. The van der Waals surface area contributed by atoms with Gasteiger partial charge in [0, 0.05) is 48.5 Å². The Morgan fingerprint density at radius 3 is 1.88 bits per heavy atom. The van der Waals surface area contributed by atoms with Crippen LogP contribution in [0.3, 0.4) is 0 Å². The van der Waals surface area contributed by atoms with Crippen molar-refractivity contribution < 1.29 is 22.9 Å². The molecule has 7 heteroatoms. The Bertz CT molecular complexity index is 1540. The summed E-state index contributed by atoms with van der Waals surface area (Å²) in [6, 6.07) is 8.93. The van der Waals surface area contributed by atoms with Crippen LogP contribution in [0.2, 0.25) is 0 Å². The number of fused-ring (bicyclic) bond motifs is 2. The van der Waals surface area contributed by atoms with Gasteiger partial charge in [-0.15, -0.1) is 3.98 Å². The molecule has 0 amide bonds. The zero-order valence-electron chi connectivity index (χ0n) is 27.4. The number of aryl methyl sites for hydroxylation is 1. The van der Waals surface area contributed by atoms with E-state index in [9.17, 15) is 0 Å². The molecule has 3 heterocycles. The molecule has 0 radical (unpaired) electrons. The second-order valence-corrected chi connectivity index (χ2v) is 13.0. The van der Waals surface area contributed by atoms with Crippen LogP contribution in [0, 0.1) is 43.1 Å². The molecule has 2 aliphatic heterocycles. The Hall–Kier alpha value is -3.04. The van der Waals surface area contributed by atoms with E-state index < -0.39 is 10.4 Å². The van der Waals surface area contributed by atoms with Gasteiger partial charge in [0.25, 0.3) is 0 Å². The highest BCUT2D eigenvalue weighted by molar-refractivity contribution is 8.35. The summed E-state index contributed by atoms with van der Waals surface area (Å²) in [5.74, 6) is 6.81. The molecule has 230 valence electrons. The van der Waals surface area contributed by atoms with Crippen molar-refractivity contribution in [3.63, 3.8) is 0 Å². The molecule has 2 aromatic rings. The number of hydrogen-bond acceptors (Lipinski definition) is 4. The molecule has 0 N–H and O–H groups in total. The Morgan fingerprint density at radius 1 is 0.791 bits per heavy atom. The summed E-state index contributed by atoms with van der Waals surface area (Å²) < 4.78 is 26.9. The summed E-state index contributed by atoms with van der Waals surface area (Å²) in [4.78, 5) is 0. The third-order valence-electron chi connectivity index (χ3n) is 8.20. The van der Waals surface area contributed by atoms with Crippen molar-refractivity contribution in [2.75, 3.05) is 53.9 Å². The summed E-state index contributed by atoms with van der Waals surface area (Å²) in [6.07, 6.45) is 1.87. The molecule has 4 rings (SSSR count). The zero-order chi connectivity index (χ0) is 31.1. The molecule has 0 bridgehead atoms. The first-order chi connectivity index (χ1) is 20.8. The van der Waals surface area contributed by atoms with Gasteiger partial charge in [-0.1, -0.05) is 55.5 Å². The predicted molar refractivity (Wildman–Crippen MR) is 178 cm³/mol. The summed E-state index contributed by atoms with van der Waals surface area (Å²) in [7, 11) is 1.09. The Balaban J connectivity index is 2.08. The molecule has 0 atom stereocenters. The third-order valence-corrected chi connectivity index (χ3v) is 11.0.